The van der Waals surface area contributed by atoms with E-state index in [2.05, 4.69) is 121 Å². The summed E-state index contributed by atoms with van der Waals surface area (Å²) in [6, 6.07) is 39.4. The fourth-order valence-electron chi connectivity index (χ4n) is 14.6. The second-order valence-electron chi connectivity index (χ2n) is 30.2. The first-order chi connectivity index (χ1) is 61.4. The monoisotopic (exact) mass is 1480 g/mol. The third kappa shape index (κ3) is 15.6. The molecule has 558 valence electrons. The molecule has 0 aliphatic rings. The normalized spacial score (nSPS) is 16.5. The van der Waals surface area contributed by atoms with Crippen molar-refractivity contribution >= 4 is 88.3 Å². The summed E-state index contributed by atoms with van der Waals surface area (Å²) < 4.78 is 229. The lowest BCUT2D eigenvalue weighted by atomic mass is 9.86. The van der Waals surface area contributed by atoms with Crippen LogP contribution in [-0.4, -0.2) is 19.9 Å². The zero-order chi connectivity index (χ0) is 98.6. The van der Waals surface area contributed by atoms with Crippen molar-refractivity contribution in [3.8, 4) is 45.0 Å². The van der Waals surface area contributed by atoms with Crippen LogP contribution in [0.5, 0.6) is 0 Å². The summed E-state index contributed by atoms with van der Waals surface area (Å²) in [4.78, 5) is 17.7. The van der Waals surface area contributed by atoms with Crippen LogP contribution >= 0.6 is 0 Å². The molecule has 12 nitrogen and oxygen atoms in total. The van der Waals surface area contributed by atoms with Gasteiger partial charge >= 0.3 is 0 Å². The molecule has 16 aromatic rings. The molecule has 0 spiro atoms. The molecule has 0 fully saturated rings. The molecule has 4 aromatic carbocycles. The van der Waals surface area contributed by atoms with Gasteiger partial charge in [0.2, 0.25) is 45.6 Å². The van der Waals surface area contributed by atoms with Gasteiger partial charge in [-0.25, -0.2) is 38.2 Å². The Morgan fingerprint density at radius 1 is 0.367 bits per heavy atom. The van der Waals surface area contributed by atoms with Crippen molar-refractivity contribution in [3.63, 3.8) is 0 Å². The van der Waals surface area contributed by atoms with Crippen LogP contribution in [0.1, 0.15) is 200 Å². The Labute approximate surface area is 677 Å². The van der Waals surface area contributed by atoms with E-state index in [-0.39, 0.29) is 22.3 Å². The van der Waals surface area contributed by atoms with Crippen molar-refractivity contribution in [1.29, 1.82) is 0 Å². The Balaban J connectivity index is 0.000000152. The predicted octanol–water partition coefficient (Wildman–Crippen LogP) is 23.1. The molecule has 109 heavy (non-hydrogen) atoms. The smallest absolute Gasteiger partial charge is 0.227 e. The first kappa shape index (κ1) is 51.6. The van der Waals surface area contributed by atoms with Crippen LogP contribution in [-0.2, 0) is 53.7 Å². The fourth-order valence-corrected chi connectivity index (χ4v) is 14.6. The number of nitrogens with zero attached hydrogens (tertiary/aromatic N) is 8. The maximum Gasteiger partial charge on any atom is 0.227 e. The molecule has 0 aliphatic heterocycles. The van der Waals surface area contributed by atoms with Crippen LogP contribution in [0.25, 0.3) is 133 Å². The van der Waals surface area contributed by atoms with Crippen molar-refractivity contribution in [3.05, 3.63) is 237 Å². The third-order valence-corrected chi connectivity index (χ3v) is 20.0. The van der Waals surface area contributed by atoms with E-state index in [1.54, 1.807) is 44.7 Å². The fraction of sp³-hybridized carbons (Fsp3) is 0.340. The molecule has 12 aromatic heterocycles. The SMILES string of the molecule is CCc1cc(-c2c(C)ccc3c2oc2ncccc23)[n+](C)cc1C(C)C.[2H]C([2H])([2H])C(C([2H])([2H])[2H])(C([2H])([2H])[2H])C([2H])([2H])c1c[n+](C)c(-c2c(C)ccc3c2oc2nc(C)ccc23)cc1C.[2H]C([2H])([2H])C(C([2H])([2H])[2H])(C([2H])([2H])[2H])C([2H])([2H])c1c[n+](C)c(-c2c(C)ccc3c2oc2ncccc23)cc1C.[2H]C([2H])(c1c[n+](C)c(-c2c(C)ccc3c2oc2nc(C)ccc23)cc1C)C(C)(C)C. The quantitative estimate of drug-likeness (QED) is 0.131. The third-order valence-electron chi connectivity index (χ3n) is 20.0. The van der Waals surface area contributed by atoms with Gasteiger partial charge in [-0.3, -0.25) is 0 Å². The van der Waals surface area contributed by atoms with Gasteiger partial charge in [0.15, 0.2) is 47.1 Å². The molecule has 0 unspecified atom stereocenters. The minimum atomic E-state index is -3.70. The zero-order valence-electron chi connectivity index (χ0n) is 89.5. The molecule has 0 radical (unpaired) electrons. The summed E-state index contributed by atoms with van der Waals surface area (Å²) >= 11 is 0. The lowest BCUT2D eigenvalue weighted by Gasteiger charge is -2.19. The van der Waals surface area contributed by atoms with Crippen LogP contribution in [0, 0.1) is 78.6 Å². The van der Waals surface area contributed by atoms with Crippen LogP contribution in [0.2, 0.25) is 0 Å². The van der Waals surface area contributed by atoms with Gasteiger partial charge in [0.25, 0.3) is 0 Å². The van der Waals surface area contributed by atoms with Crippen molar-refractivity contribution in [2.45, 2.75) is 176 Å². The number of aromatic nitrogens is 8. The van der Waals surface area contributed by atoms with Gasteiger partial charge < -0.3 is 17.7 Å². The van der Waals surface area contributed by atoms with E-state index >= 15 is 0 Å². The summed E-state index contributed by atoms with van der Waals surface area (Å²) in [5, 5.41) is 7.52. The molecule has 12 heterocycles. The van der Waals surface area contributed by atoms with E-state index in [4.69, 9.17) is 50.6 Å². The Morgan fingerprint density at radius 3 is 0.991 bits per heavy atom. The summed E-state index contributed by atoms with van der Waals surface area (Å²) in [5.41, 5.74) is 14.0. The van der Waals surface area contributed by atoms with Crippen molar-refractivity contribution in [1.82, 2.24) is 19.9 Å². The second kappa shape index (κ2) is 29.7. The minimum absolute atomic E-state index is 0.191. The molecular weight excluding hydrogens is 1340 g/mol. The molecule has 12 heteroatoms. The molecular formula is C97H110N8O4+4. The molecule has 0 amide bonds. The average Bonchev–Trinajstić information content (AvgIpc) is 1.50. The van der Waals surface area contributed by atoms with Crippen molar-refractivity contribution in [2.24, 2.45) is 44.4 Å². The topological polar surface area (TPSA) is 120 Å². The summed E-state index contributed by atoms with van der Waals surface area (Å²) in [6.45, 7) is 7.17. The van der Waals surface area contributed by atoms with Crippen LogP contribution < -0.4 is 18.3 Å². The summed E-state index contributed by atoms with van der Waals surface area (Å²) in [5.74, 6) is 0.512. The number of pyridine rings is 8. The van der Waals surface area contributed by atoms with Crippen LogP contribution in [0.4, 0.5) is 0 Å². The average molecular weight is 1480 g/mol. The maximum atomic E-state index is 8.87. The van der Waals surface area contributed by atoms with E-state index in [0.717, 1.165) is 111 Å². The van der Waals surface area contributed by atoms with E-state index < -0.39 is 76.5 Å². The maximum absolute atomic E-state index is 8.87. The second-order valence-corrected chi connectivity index (χ2v) is 30.2. The van der Waals surface area contributed by atoms with Gasteiger partial charge in [-0.1, -0.05) is 131 Å². The number of hydrogen-bond donors (Lipinski definition) is 0. The van der Waals surface area contributed by atoms with E-state index in [0.29, 0.717) is 68.0 Å². The Kier molecular flexibility index (Phi) is 14.0. The molecule has 0 saturated carbocycles. The Hall–Kier alpha value is -10.7. The molecule has 0 atom stereocenters. The Bertz CT molecular complexity index is 7210. The molecule has 16 rings (SSSR count). The molecule has 0 saturated heterocycles. The number of furan rings is 4. The van der Waals surface area contributed by atoms with Crippen molar-refractivity contribution in [2.75, 3.05) is 0 Å². The largest absolute Gasteiger partial charge is 0.437 e. The number of benzene rings is 4. The van der Waals surface area contributed by atoms with Crippen LogP contribution in [0.3, 0.4) is 0 Å². The highest BCUT2D eigenvalue weighted by molar-refractivity contribution is 6.12. The number of fused-ring (bicyclic) bond motifs is 12. The highest BCUT2D eigenvalue weighted by atomic mass is 16.4. The first-order valence-corrected chi connectivity index (χ1v) is 36.6. The van der Waals surface area contributed by atoms with Crippen molar-refractivity contribution < 1.29 is 68.8 Å². The van der Waals surface area contributed by atoms with E-state index in [1.165, 1.54) is 57.8 Å². The van der Waals surface area contributed by atoms with Gasteiger partial charge in [0.1, 0.15) is 28.2 Å². The van der Waals surface area contributed by atoms with Gasteiger partial charge in [-0.15, -0.1) is 0 Å². The Morgan fingerprint density at radius 2 is 0.670 bits per heavy atom. The minimum Gasteiger partial charge on any atom is -0.437 e. The summed E-state index contributed by atoms with van der Waals surface area (Å²) in [6.07, 6.45) is 3.10. The lowest BCUT2D eigenvalue weighted by molar-refractivity contribution is -0.661. The highest BCUT2D eigenvalue weighted by Gasteiger charge is 2.30. The number of hydrogen-bond acceptors (Lipinski definition) is 8. The highest BCUT2D eigenvalue weighted by Crippen LogP contribution is 2.42. The molecule has 0 aliphatic carbocycles. The standard InChI is InChI=1S/2C25H29N2O.C24H27N2O.C23H25N2O/c2*1-15-8-10-19-20-11-9-17(3)26-24(20)28-23(19)22(15)21-12-16(2)18(14-27(21)7)13-25(4,5)6;1-15-9-10-18-19-8-7-11-25-23(19)27-22(18)21(15)20-12-16(2)17(14-26(20)6)13-24(3,4)5;1-6-16-12-20(25(5)13-19(16)14(2)3)21-15(4)9-10-17-18-8-7-11-24-23(18)26-22(17)21/h2*8-12,14H,13H2,1-7H3;7-12,14H,13H2,1-6H3;7-14H,6H2,1-5H3/q4*+1/i4D3,5D3,6D3,13D2;13D2;3D3,4D3,5D3,13D2;. The van der Waals surface area contributed by atoms with Gasteiger partial charge in [0.05, 0.1) is 22.3 Å². The molecule has 0 bridgehead atoms. The van der Waals surface area contributed by atoms with E-state index in [1.807, 2.05) is 128 Å². The van der Waals surface area contributed by atoms with Gasteiger partial charge in [0, 0.05) is 146 Å². The lowest BCUT2D eigenvalue weighted by Crippen LogP contribution is -2.32. The van der Waals surface area contributed by atoms with Gasteiger partial charge in [-0.2, -0.15) is 0 Å². The van der Waals surface area contributed by atoms with Gasteiger partial charge in [-0.05, 0) is 203 Å². The first-order valence-electron chi connectivity index (χ1n) is 48.6. The van der Waals surface area contributed by atoms with Crippen LogP contribution in [0.15, 0.2) is 176 Å². The number of rotatable bonds is 9. The molecule has 0 N–H and O–H groups in total. The van der Waals surface area contributed by atoms with E-state index in [9.17, 15) is 0 Å². The summed E-state index contributed by atoms with van der Waals surface area (Å²) in [7, 11) is 7.29. The predicted molar refractivity (Wildman–Crippen MR) is 448 cm³/mol. The number of aryl methyl sites for hydroxylation is 14. The zero-order valence-corrected chi connectivity index (χ0v) is 65.5.